The maximum absolute atomic E-state index is 12.5. The van der Waals surface area contributed by atoms with Crippen LogP contribution in [-0.2, 0) is 9.59 Å². The van der Waals surface area contributed by atoms with Crippen LogP contribution in [0.4, 0.5) is 0 Å². The smallest absolute Gasteiger partial charge is 0.225 e. The van der Waals surface area contributed by atoms with Crippen LogP contribution in [-0.4, -0.2) is 72.8 Å². The topological polar surface area (TPSA) is 43.9 Å². The van der Waals surface area contributed by atoms with Gasteiger partial charge in [0.15, 0.2) is 0 Å². The van der Waals surface area contributed by atoms with Gasteiger partial charge in [-0.2, -0.15) is 0 Å². The first-order valence-electron chi connectivity index (χ1n) is 8.64. The number of likely N-dealkylation sites (tertiary alicyclic amines) is 1. The number of rotatable bonds is 3. The van der Waals surface area contributed by atoms with Crippen molar-refractivity contribution < 1.29 is 9.59 Å². The summed E-state index contributed by atoms with van der Waals surface area (Å²) in [5, 5.41) is 0. The van der Waals surface area contributed by atoms with Crippen LogP contribution < -0.4 is 0 Å². The van der Waals surface area contributed by atoms with Gasteiger partial charge in [-0.05, 0) is 18.8 Å². The second kappa shape index (κ2) is 5.84. The van der Waals surface area contributed by atoms with E-state index in [2.05, 4.69) is 4.90 Å². The molecule has 2 heterocycles. The highest BCUT2D eigenvalue weighted by molar-refractivity contribution is 5.80. The van der Waals surface area contributed by atoms with Gasteiger partial charge in [-0.1, -0.05) is 13.8 Å². The third-order valence-electron chi connectivity index (χ3n) is 5.31. The second-order valence-electron chi connectivity index (χ2n) is 8.02. The fraction of sp³-hybridized carbons (Fsp3) is 0.882. The van der Waals surface area contributed by atoms with E-state index in [9.17, 15) is 9.59 Å². The van der Waals surface area contributed by atoms with Crippen molar-refractivity contribution in [1.29, 1.82) is 0 Å². The largest absolute Gasteiger partial charge is 0.345 e. The highest BCUT2D eigenvalue weighted by Gasteiger charge is 2.46. The molecule has 5 nitrogen and oxygen atoms in total. The van der Waals surface area contributed by atoms with E-state index in [0.29, 0.717) is 6.42 Å². The Bertz CT molecular complexity index is 461. The van der Waals surface area contributed by atoms with Crippen molar-refractivity contribution in [3.63, 3.8) is 0 Å². The SMILES string of the molecule is CC(C)C(=O)N1CCN(CC2CC2)C[C@]2(CC(=O)N(C)C2)C1. The van der Waals surface area contributed by atoms with E-state index >= 15 is 0 Å². The lowest BCUT2D eigenvalue weighted by Crippen LogP contribution is -2.45. The van der Waals surface area contributed by atoms with E-state index in [-0.39, 0.29) is 23.1 Å². The van der Waals surface area contributed by atoms with Crippen molar-refractivity contribution in [2.75, 3.05) is 46.3 Å². The van der Waals surface area contributed by atoms with Gasteiger partial charge in [0.25, 0.3) is 0 Å². The molecule has 1 aliphatic carbocycles. The molecule has 0 bridgehead atoms. The van der Waals surface area contributed by atoms with Crippen molar-refractivity contribution in [1.82, 2.24) is 14.7 Å². The summed E-state index contributed by atoms with van der Waals surface area (Å²) in [5.41, 5.74) is -0.0677. The molecule has 22 heavy (non-hydrogen) atoms. The monoisotopic (exact) mass is 307 g/mol. The van der Waals surface area contributed by atoms with Crippen molar-refractivity contribution in [2.45, 2.75) is 33.1 Å². The lowest BCUT2D eigenvalue weighted by molar-refractivity contribution is -0.135. The molecule has 5 heteroatoms. The molecule has 2 aliphatic heterocycles. The summed E-state index contributed by atoms with van der Waals surface area (Å²) in [4.78, 5) is 31.0. The first-order chi connectivity index (χ1) is 10.4. The van der Waals surface area contributed by atoms with Gasteiger partial charge in [-0.3, -0.25) is 9.59 Å². The van der Waals surface area contributed by atoms with Crippen LogP contribution in [0.2, 0.25) is 0 Å². The van der Waals surface area contributed by atoms with Crippen molar-refractivity contribution in [3.8, 4) is 0 Å². The van der Waals surface area contributed by atoms with Crippen LogP contribution in [0.1, 0.15) is 33.1 Å². The minimum absolute atomic E-state index is 0.0295. The number of carbonyl (C=O) groups is 2. The number of hydrogen-bond acceptors (Lipinski definition) is 3. The summed E-state index contributed by atoms with van der Waals surface area (Å²) in [6, 6.07) is 0. The van der Waals surface area contributed by atoms with Gasteiger partial charge < -0.3 is 14.7 Å². The zero-order chi connectivity index (χ0) is 15.9. The summed E-state index contributed by atoms with van der Waals surface area (Å²) < 4.78 is 0. The predicted octanol–water partition coefficient (Wildman–Crippen LogP) is 1.05. The number of hydrogen-bond donors (Lipinski definition) is 0. The zero-order valence-corrected chi connectivity index (χ0v) is 14.2. The van der Waals surface area contributed by atoms with E-state index in [1.54, 1.807) is 0 Å². The van der Waals surface area contributed by atoms with Crippen LogP contribution in [0.15, 0.2) is 0 Å². The zero-order valence-electron chi connectivity index (χ0n) is 14.2. The van der Waals surface area contributed by atoms with Crippen LogP contribution in [0, 0.1) is 17.3 Å². The molecule has 0 aromatic heterocycles. The van der Waals surface area contributed by atoms with E-state index in [4.69, 9.17) is 0 Å². The summed E-state index contributed by atoms with van der Waals surface area (Å²) in [7, 11) is 1.89. The molecule has 1 spiro atoms. The third kappa shape index (κ3) is 3.29. The Hall–Kier alpha value is -1.10. The van der Waals surface area contributed by atoms with Crippen LogP contribution in [0.25, 0.3) is 0 Å². The average Bonchev–Trinajstić information content (AvgIpc) is 3.22. The number of carbonyl (C=O) groups excluding carboxylic acids is 2. The van der Waals surface area contributed by atoms with E-state index in [1.807, 2.05) is 30.7 Å². The lowest BCUT2D eigenvalue weighted by atomic mass is 9.85. The molecule has 2 saturated heterocycles. The van der Waals surface area contributed by atoms with Crippen LogP contribution in [0.3, 0.4) is 0 Å². The van der Waals surface area contributed by atoms with Gasteiger partial charge >= 0.3 is 0 Å². The maximum atomic E-state index is 12.5. The van der Waals surface area contributed by atoms with Gasteiger partial charge in [0, 0.05) is 64.1 Å². The van der Waals surface area contributed by atoms with Gasteiger partial charge in [0.1, 0.15) is 0 Å². The predicted molar refractivity (Wildman–Crippen MR) is 85.3 cm³/mol. The van der Waals surface area contributed by atoms with Gasteiger partial charge in [-0.15, -0.1) is 0 Å². The van der Waals surface area contributed by atoms with E-state index < -0.39 is 0 Å². The fourth-order valence-electron chi connectivity index (χ4n) is 4.04. The number of nitrogens with zero attached hydrogens (tertiary/aromatic N) is 3. The molecule has 0 N–H and O–H groups in total. The van der Waals surface area contributed by atoms with Gasteiger partial charge in [0.05, 0.1) is 0 Å². The molecule has 3 aliphatic rings. The standard InChI is InChI=1S/C17H29N3O2/c1-13(2)16(22)20-7-6-19(9-14-4-5-14)11-17(12-20)8-15(21)18(3)10-17/h13-14H,4-12H2,1-3H3/t17-/m1/s1. The van der Waals surface area contributed by atoms with E-state index in [1.165, 1.54) is 12.8 Å². The van der Waals surface area contributed by atoms with E-state index in [0.717, 1.165) is 45.2 Å². The van der Waals surface area contributed by atoms with Crippen LogP contribution >= 0.6 is 0 Å². The number of amides is 2. The Labute approximate surface area is 133 Å². The van der Waals surface area contributed by atoms with Crippen molar-refractivity contribution >= 4 is 11.8 Å². The highest BCUT2D eigenvalue weighted by Crippen LogP contribution is 2.37. The second-order valence-corrected chi connectivity index (χ2v) is 8.02. The molecule has 0 aromatic rings. The third-order valence-corrected chi connectivity index (χ3v) is 5.31. The van der Waals surface area contributed by atoms with Gasteiger partial charge in [0.2, 0.25) is 11.8 Å². The molecule has 124 valence electrons. The Morgan fingerprint density at radius 3 is 2.50 bits per heavy atom. The quantitative estimate of drug-likeness (QED) is 0.783. The first kappa shape index (κ1) is 15.8. The molecule has 3 rings (SSSR count). The average molecular weight is 307 g/mol. The molecular formula is C17H29N3O2. The normalized spacial score (nSPS) is 30.5. The Morgan fingerprint density at radius 2 is 1.95 bits per heavy atom. The fourth-order valence-corrected chi connectivity index (χ4v) is 4.04. The highest BCUT2D eigenvalue weighted by atomic mass is 16.2. The summed E-state index contributed by atoms with van der Waals surface area (Å²) in [5.74, 6) is 1.33. The summed E-state index contributed by atoms with van der Waals surface area (Å²) in [6.07, 6.45) is 3.28. The molecule has 0 aromatic carbocycles. The summed E-state index contributed by atoms with van der Waals surface area (Å²) >= 11 is 0. The minimum Gasteiger partial charge on any atom is -0.345 e. The van der Waals surface area contributed by atoms with Crippen LogP contribution in [0.5, 0.6) is 0 Å². The Morgan fingerprint density at radius 1 is 1.23 bits per heavy atom. The molecule has 1 atom stereocenters. The van der Waals surface area contributed by atoms with Crippen molar-refractivity contribution in [2.24, 2.45) is 17.3 Å². The maximum Gasteiger partial charge on any atom is 0.225 e. The Kier molecular flexibility index (Phi) is 4.19. The minimum atomic E-state index is -0.0677. The molecule has 0 unspecified atom stereocenters. The molecular weight excluding hydrogens is 278 g/mol. The first-order valence-corrected chi connectivity index (χ1v) is 8.64. The van der Waals surface area contributed by atoms with Gasteiger partial charge in [-0.25, -0.2) is 0 Å². The molecule has 3 fully saturated rings. The lowest BCUT2D eigenvalue weighted by Gasteiger charge is -2.34. The molecule has 0 radical (unpaired) electrons. The van der Waals surface area contributed by atoms with Crippen molar-refractivity contribution in [3.05, 3.63) is 0 Å². The molecule has 1 saturated carbocycles. The molecule has 2 amide bonds. The summed E-state index contributed by atoms with van der Waals surface area (Å²) in [6.45, 7) is 9.32. The Balaban J connectivity index is 1.78.